The summed E-state index contributed by atoms with van der Waals surface area (Å²) in [4.78, 5) is 19.8. The maximum Gasteiger partial charge on any atom is 0.423 e. The number of halogens is 4. The van der Waals surface area contributed by atoms with Crippen LogP contribution < -0.4 is 10.6 Å². The van der Waals surface area contributed by atoms with Crippen LogP contribution in [-0.2, 0) is 17.4 Å². The summed E-state index contributed by atoms with van der Waals surface area (Å²) in [5, 5.41) is 21.3. The van der Waals surface area contributed by atoms with Crippen molar-refractivity contribution in [3.63, 3.8) is 0 Å². The number of rotatable bonds is 7. The molecule has 1 unspecified atom stereocenters. The number of aromatic nitrogens is 3. The first kappa shape index (κ1) is 25.9. The van der Waals surface area contributed by atoms with E-state index in [0.29, 0.717) is 29.8 Å². The van der Waals surface area contributed by atoms with Crippen molar-refractivity contribution in [2.45, 2.75) is 55.7 Å². The molecule has 2 aromatic heterocycles. The van der Waals surface area contributed by atoms with Crippen molar-refractivity contribution in [2.24, 2.45) is 7.05 Å². The summed E-state index contributed by atoms with van der Waals surface area (Å²) in [7, 11) is 1.62. The summed E-state index contributed by atoms with van der Waals surface area (Å²) < 4.78 is 53.7. The molecule has 0 spiro atoms. The molecule has 2 aliphatic rings. The molecule has 13 heteroatoms. The first-order valence-corrected chi connectivity index (χ1v) is 13.0. The van der Waals surface area contributed by atoms with Crippen LogP contribution >= 0.6 is 11.3 Å². The molecule has 3 aromatic rings. The molecule has 3 N–H and O–H groups in total. The molecule has 1 aromatic carbocycles. The van der Waals surface area contributed by atoms with Crippen LogP contribution in [0.4, 0.5) is 23.4 Å². The smallest absolute Gasteiger partial charge is 0.384 e. The lowest BCUT2D eigenvalue weighted by atomic mass is 9.80. The Morgan fingerprint density at radius 1 is 1.30 bits per heavy atom. The zero-order chi connectivity index (χ0) is 26.4. The SMILES string of the molecule is Cn1nc(NCC(=O)NC2CN([C@H]3CC[C@@](O)(c4cncs4)CC3)C2)c2cc(C(F)C(F)(F)F)ccc21. The standard InChI is InChI=1S/C24H28F4N6O2S/c1-33-18-3-2-14(21(25)24(26,27)28)8-17(18)22(32-33)30-10-20(35)31-15-11-34(12-15)16-4-6-23(36,7-5-16)19-9-29-13-37-19/h2-3,8-9,13,15-16,21,36H,4-7,10-12H2,1H3,(H,30,32)(H,31,35)/t16-,21?,23-. The van der Waals surface area contributed by atoms with Crippen molar-refractivity contribution in [2.75, 3.05) is 25.0 Å². The molecule has 3 heterocycles. The number of carbonyl (C=O) groups excluding carboxylic acids is 1. The van der Waals surface area contributed by atoms with E-state index < -0.39 is 23.5 Å². The monoisotopic (exact) mass is 540 g/mol. The molecule has 2 fully saturated rings. The highest BCUT2D eigenvalue weighted by Crippen LogP contribution is 2.41. The highest BCUT2D eigenvalue weighted by atomic mass is 32.1. The Kier molecular flexibility index (Phi) is 6.88. The molecule has 1 aliphatic carbocycles. The van der Waals surface area contributed by atoms with Crippen LogP contribution in [0.1, 0.15) is 42.3 Å². The van der Waals surface area contributed by atoms with E-state index >= 15 is 0 Å². The van der Waals surface area contributed by atoms with E-state index in [4.69, 9.17) is 0 Å². The van der Waals surface area contributed by atoms with E-state index in [0.717, 1.165) is 42.9 Å². The zero-order valence-corrected chi connectivity index (χ0v) is 20.9. The topological polar surface area (TPSA) is 95.3 Å². The van der Waals surface area contributed by atoms with Crippen LogP contribution in [0.3, 0.4) is 0 Å². The Morgan fingerprint density at radius 3 is 2.68 bits per heavy atom. The van der Waals surface area contributed by atoms with Crippen molar-refractivity contribution in [1.82, 2.24) is 25.0 Å². The number of anilines is 1. The van der Waals surface area contributed by atoms with Gasteiger partial charge in [-0.2, -0.15) is 18.3 Å². The molecule has 5 rings (SSSR count). The molecule has 0 bridgehead atoms. The van der Waals surface area contributed by atoms with E-state index in [2.05, 4.69) is 25.6 Å². The largest absolute Gasteiger partial charge is 0.423 e. The van der Waals surface area contributed by atoms with Crippen LogP contribution in [0, 0.1) is 0 Å². The normalized spacial score (nSPS) is 24.1. The van der Waals surface area contributed by atoms with E-state index in [-0.39, 0.29) is 24.3 Å². The van der Waals surface area contributed by atoms with Crippen LogP contribution in [0.25, 0.3) is 10.9 Å². The van der Waals surface area contributed by atoms with Crippen molar-refractivity contribution in [1.29, 1.82) is 0 Å². The molecular formula is C24H28F4N6O2S. The highest BCUT2D eigenvalue weighted by Gasteiger charge is 2.42. The number of hydrogen-bond donors (Lipinski definition) is 3. The highest BCUT2D eigenvalue weighted by molar-refractivity contribution is 7.09. The van der Waals surface area contributed by atoms with Gasteiger partial charge in [-0.1, -0.05) is 6.07 Å². The molecule has 200 valence electrons. The summed E-state index contributed by atoms with van der Waals surface area (Å²) in [6.45, 7) is 1.33. The number of amides is 1. The van der Waals surface area contributed by atoms with Gasteiger partial charge in [-0.05, 0) is 43.4 Å². The number of thiazole rings is 1. The van der Waals surface area contributed by atoms with Crippen LogP contribution in [-0.4, -0.2) is 68.6 Å². The number of aryl methyl sites for hydroxylation is 1. The predicted molar refractivity (Wildman–Crippen MR) is 131 cm³/mol. The minimum Gasteiger partial charge on any atom is -0.384 e. The third kappa shape index (κ3) is 5.30. The molecule has 37 heavy (non-hydrogen) atoms. The number of carbonyl (C=O) groups is 1. The summed E-state index contributed by atoms with van der Waals surface area (Å²) in [6.07, 6.45) is -3.24. The quantitative estimate of drug-likeness (QED) is 0.396. The number of alkyl halides is 4. The number of likely N-dealkylation sites (tertiary alicyclic amines) is 1. The van der Waals surface area contributed by atoms with Crippen LogP contribution in [0.2, 0.25) is 0 Å². The molecule has 1 atom stereocenters. The average Bonchev–Trinajstić information content (AvgIpc) is 3.48. The first-order valence-electron chi connectivity index (χ1n) is 12.1. The summed E-state index contributed by atoms with van der Waals surface area (Å²) in [5.41, 5.74) is 0.946. The molecular weight excluding hydrogens is 512 g/mol. The Labute approximate surface area is 214 Å². The van der Waals surface area contributed by atoms with Gasteiger partial charge in [0.25, 0.3) is 0 Å². The zero-order valence-electron chi connectivity index (χ0n) is 20.1. The van der Waals surface area contributed by atoms with E-state index in [1.54, 1.807) is 18.8 Å². The lowest BCUT2D eigenvalue weighted by molar-refractivity contribution is -0.182. The van der Waals surface area contributed by atoms with Crippen molar-refractivity contribution >= 4 is 34.0 Å². The molecule has 8 nitrogen and oxygen atoms in total. The fourth-order valence-electron chi connectivity index (χ4n) is 5.24. The Morgan fingerprint density at radius 2 is 2.03 bits per heavy atom. The van der Waals surface area contributed by atoms with Gasteiger partial charge in [0.15, 0.2) is 5.82 Å². The van der Waals surface area contributed by atoms with Crippen molar-refractivity contribution in [3.05, 3.63) is 40.3 Å². The Bertz CT molecular complexity index is 1250. The van der Waals surface area contributed by atoms with Gasteiger partial charge in [0, 0.05) is 37.8 Å². The van der Waals surface area contributed by atoms with Gasteiger partial charge in [-0.3, -0.25) is 19.4 Å². The Balaban J connectivity index is 1.11. The summed E-state index contributed by atoms with van der Waals surface area (Å²) >= 11 is 1.48. The second-order valence-electron chi connectivity index (χ2n) is 9.85. The van der Waals surface area contributed by atoms with E-state index in [9.17, 15) is 27.5 Å². The van der Waals surface area contributed by atoms with E-state index in [1.165, 1.54) is 22.1 Å². The van der Waals surface area contributed by atoms with Gasteiger partial charge in [-0.25, -0.2) is 4.39 Å². The molecule has 1 aliphatic heterocycles. The number of benzene rings is 1. The summed E-state index contributed by atoms with van der Waals surface area (Å²) in [5.74, 6) is -0.0452. The maximum absolute atomic E-state index is 13.8. The lowest BCUT2D eigenvalue weighted by Gasteiger charge is -2.48. The van der Waals surface area contributed by atoms with Crippen LogP contribution in [0.5, 0.6) is 0 Å². The minimum atomic E-state index is -5.00. The maximum atomic E-state index is 13.8. The number of aliphatic hydroxyl groups is 1. The van der Waals surface area contributed by atoms with Crippen LogP contribution in [0.15, 0.2) is 29.9 Å². The van der Waals surface area contributed by atoms with Gasteiger partial charge in [-0.15, -0.1) is 11.3 Å². The lowest BCUT2D eigenvalue weighted by Crippen LogP contribution is -2.63. The molecule has 1 saturated carbocycles. The number of nitrogens with zero attached hydrogens (tertiary/aromatic N) is 4. The van der Waals surface area contributed by atoms with Crippen molar-refractivity contribution < 1.29 is 27.5 Å². The molecule has 0 radical (unpaired) electrons. The third-order valence-electron chi connectivity index (χ3n) is 7.34. The van der Waals surface area contributed by atoms with Gasteiger partial charge in [0.05, 0.1) is 28.5 Å². The predicted octanol–water partition coefficient (Wildman–Crippen LogP) is 3.65. The van der Waals surface area contributed by atoms with Crippen molar-refractivity contribution in [3.8, 4) is 0 Å². The van der Waals surface area contributed by atoms with Gasteiger partial charge >= 0.3 is 6.18 Å². The molecule has 1 amide bonds. The molecule has 1 saturated heterocycles. The van der Waals surface area contributed by atoms with Gasteiger partial charge in [0.2, 0.25) is 12.1 Å². The average molecular weight is 541 g/mol. The number of hydrogen-bond acceptors (Lipinski definition) is 7. The minimum absolute atomic E-state index is 0.00256. The number of nitrogens with one attached hydrogen (secondary N) is 2. The third-order valence-corrected chi connectivity index (χ3v) is 8.30. The van der Waals surface area contributed by atoms with E-state index in [1.807, 2.05) is 0 Å². The number of fused-ring (bicyclic) bond motifs is 1. The first-order chi connectivity index (χ1) is 17.5. The second-order valence-corrected chi connectivity index (χ2v) is 10.7. The fourth-order valence-corrected chi connectivity index (χ4v) is 6.02. The Hall–Kier alpha value is -2.77. The second kappa shape index (κ2) is 9.84. The van der Waals surface area contributed by atoms with Gasteiger partial charge < -0.3 is 15.7 Å². The summed E-state index contributed by atoms with van der Waals surface area (Å²) in [6, 6.07) is 3.96. The fraction of sp³-hybridized carbons (Fsp3) is 0.542. The van der Waals surface area contributed by atoms with Gasteiger partial charge in [0.1, 0.15) is 5.60 Å².